The van der Waals surface area contributed by atoms with Crippen molar-refractivity contribution in [3.8, 4) is 5.75 Å². The van der Waals surface area contributed by atoms with Gasteiger partial charge in [-0.1, -0.05) is 6.07 Å². The molecule has 0 saturated carbocycles. The number of benzene rings is 1. The first-order chi connectivity index (χ1) is 7.62. The second kappa shape index (κ2) is 3.38. The van der Waals surface area contributed by atoms with Gasteiger partial charge in [0.05, 0.1) is 11.5 Å². The first kappa shape index (κ1) is 9.96. The van der Waals surface area contributed by atoms with Gasteiger partial charge < -0.3 is 10.1 Å². The molecule has 0 bridgehead atoms. The molecular formula is C11H13NO3S. The quantitative estimate of drug-likeness (QED) is 0.830. The molecule has 1 aromatic carbocycles. The molecule has 1 fully saturated rings. The van der Waals surface area contributed by atoms with Crippen molar-refractivity contribution in [1.82, 2.24) is 0 Å². The van der Waals surface area contributed by atoms with Crippen molar-refractivity contribution in [2.75, 3.05) is 23.4 Å². The summed E-state index contributed by atoms with van der Waals surface area (Å²) in [6.07, 6.45) is 0.886. The fourth-order valence-corrected chi connectivity index (χ4v) is 3.29. The summed E-state index contributed by atoms with van der Waals surface area (Å²) in [7, 11) is -2.80. The van der Waals surface area contributed by atoms with E-state index >= 15 is 0 Å². The highest BCUT2D eigenvalue weighted by Crippen LogP contribution is 2.28. The van der Waals surface area contributed by atoms with Gasteiger partial charge in [-0.2, -0.15) is 0 Å². The zero-order valence-corrected chi connectivity index (χ0v) is 9.59. The lowest BCUT2D eigenvalue weighted by molar-refractivity contribution is 0.230. The first-order valence-electron chi connectivity index (χ1n) is 5.36. The van der Waals surface area contributed by atoms with E-state index in [0.717, 1.165) is 24.4 Å². The van der Waals surface area contributed by atoms with Gasteiger partial charge >= 0.3 is 0 Å². The van der Waals surface area contributed by atoms with Gasteiger partial charge in [-0.3, -0.25) is 0 Å². The molecule has 1 saturated heterocycles. The van der Waals surface area contributed by atoms with E-state index in [9.17, 15) is 8.42 Å². The highest BCUT2D eigenvalue weighted by molar-refractivity contribution is 7.92. The Morgan fingerprint density at radius 1 is 1.31 bits per heavy atom. The van der Waals surface area contributed by atoms with E-state index in [1.54, 1.807) is 0 Å². The largest absolute Gasteiger partial charge is 0.488 e. The molecule has 86 valence electrons. The van der Waals surface area contributed by atoms with E-state index in [4.69, 9.17) is 4.74 Å². The first-order valence-corrected chi connectivity index (χ1v) is 7.18. The highest BCUT2D eigenvalue weighted by Gasteiger charge is 2.35. The number of nitrogens with one attached hydrogen (secondary N) is 1. The maximum Gasteiger partial charge on any atom is 0.157 e. The Hall–Kier alpha value is -1.23. The molecule has 0 aliphatic carbocycles. The summed E-state index contributed by atoms with van der Waals surface area (Å²) >= 11 is 0. The number of rotatable bonds is 2. The van der Waals surface area contributed by atoms with E-state index in [2.05, 4.69) is 5.32 Å². The molecule has 2 aliphatic heterocycles. The summed E-state index contributed by atoms with van der Waals surface area (Å²) in [6, 6.07) is 5.90. The summed E-state index contributed by atoms with van der Waals surface area (Å²) < 4.78 is 27.6. The minimum atomic E-state index is -2.80. The van der Waals surface area contributed by atoms with Gasteiger partial charge in [0, 0.05) is 18.3 Å². The lowest BCUT2D eigenvalue weighted by Gasteiger charge is -2.26. The Morgan fingerprint density at radius 3 is 2.88 bits per heavy atom. The van der Waals surface area contributed by atoms with Crippen LogP contribution in [0.4, 0.5) is 5.69 Å². The number of hydrogen-bond donors (Lipinski definition) is 1. The molecule has 1 N–H and O–H groups in total. The third-order valence-electron chi connectivity index (χ3n) is 2.97. The molecule has 0 spiro atoms. The normalized spacial score (nSPS) is 22.0. The Balaban J connectivity index is 1.72. The molecule has 16 heavy (non-hydrogen) atoms. The van der Waals surface area contributed by atoms with Gasteiger partial charge in [-0.05, 0) is 18.1 Å². The van der Waals surface area contributed by atoms with Crippen molar-refractivity contribution in [2.24, 2.45) is 0 Å². The smallest absolute Gasteiger partial charge is 0.157 e. The Bertz CT molecular complexity index is 512. The van der Waals surface area contributed by atoms with Gasteiger partial charge in [-0.15, -0.1) is 0 Å². The minimum Gasteiger partial charge on any atom is -0.488 e. The van der Waals surface area contributed by atoms with Crippen LogP contribution in [0.5, 0.6) is 5.75 Å². The maximum absolute atomic E-state index is 11.0. The SMILES string of the molecule is O=S1(=O)CC(Oc2ccc3c(c2)NCC3)C1. The van der Waals surface area contributed by atoms with Crippen molar-refractivity contribution >= 4 is 15.5 Å². The summed E-state index contributed by atoms with van der Waals surface area (Å²) in [4.78, 5) is 0. The summed E-state index contributed by atoms with van der Waals surface area (Å²) in [5, 5.41) is 3.27. The molecule has 0 amide bonds. The zero-order chi connectivity index (χ0) is 11.2. The molecule has 4 nitrogen and oxygen atoms in total. The van der Waals surface area contributed by atoms with Crippen LogP contribution >= 0.6 is 0 Å². The molecule has 1 aromatic rings. The summed E-state index contributed by atoms with van der Waals surface area (Å²) in [6.45, 7) is 0.969. The van der Waals surface area contributed by atoms with Gasteiger partial charge in [0.2, 0.25) is 0 Å². The van der Waals surface area contributed by atoms with Crippen molar-refractivity contribution < 1.29 is 13.2 Å². The second-order valence-electron chi connectivity index (χ2n) is 4.31. The molecule has 2 heterocycles. The Labute approximate surface area is 94.5 Å². The van der Waals surface area contributed by atoms with E-state index < -0.39 is 9.84 Å². The molecular weight excluding hydrogens is 226 g/mol. The lowest BCUT2D eigenvalue weighted by atomic mass is 10.1. The maximum atomic E-state index is 11.0. The average molecular weight is 239 g/mol. The van der Waals surface area contributed by atoms with Crippen LogP contribution in [-0.2, 0) is 16.3 Å². The lowest BCUT2D eigenvalue weighted by Crippen LogP contribution is -2.45. The van der Waals surface area contributed by atoms with E-state index in [1.165, 1.54) is 5.56 Å². The van der Waals surface area contributed by atoms with Gasteiger partial charge in [-0.25, -0.2) is 8.42 Å². The third kappa shape index (κ3) is 1.75. The molecule has 2 aliphatic rings. The molecule has 0 radical (unpaired) electrons. The van der Waals surface area contributed by atoms with Crippen LogP contribution in [0.25, 0.3) is 0 Å². The molecule has 0 unspecified atom stereocenters. The summed E-state index contributed by atoms with van der Waals surface area (Å²) in [5.74, 6) is 1.06. The predicted molar refractivity (Wildman–Crippen MR) is 61.7 cm³/mol. The van der Waals surface area contributed by atoms with Crippen LogP contribution in [0, 0.1) is 0 Å². The number of hydrogen-bond acceptors (Lipinski definition) is 4. The fourth-order valence-electron chi connectivity index (χ4n) is 2.12. The van der Waals surface area contributed by atoms with Crippen molar-refractivity contribution in [2.45, 2.75) is 12.5 Å². The van der Waals surface area contributed by atoms with E-state index in [0.29, 0.717) is 0 Å². The molecule has 5 heteroatoms. The average Bonchev–Trinajstić information content (AvgIpc) is 2.61. The highest BCUT2D eigenvalue weighted by atomic mass is 32.2. The number of sulfone groups is 1. The number of anilines is 1. The Morgan fingerprint density at radius 2 is 2.12 bits per heavy atom. The topological polar surface area (TPSA) is 55.4 Å². The second-order valence-corrected chi connectivity index (χ2v) is 6.47. The number of fused-ring (bicyclic) bond motifs is 1. The van der Waals surface area contributed by atoms with Crippen LogP contribution in [-0.4, -0.2) is 32.6 Å². The van der Waals surface area contributed by atoms with Crippen LogP contribution in [0.1, 0.15) is 5.56 Å². The predicted octanol–water partition coefficient (Wildman–Crippen LogP) is 0.830. The zero-order valence-electron chi connectivity index (χ0n) is 8.77. The van der Waals surface area contributed by atoms with Crippen molar-refractivity contribution in [3.63, 3.8) is 0 Å². The third-order valence-corrected chi connectivity index (χ3v) is 4.73. The van der Waals surface area contributed by atoms with E-state index in [1.807, 2.05) is 18.2 Å². The van der Waals surface area contributed by atoms with Gasteiger partial charge in [0.1, 0.15) is 11.9 Å². The monoisotopic (exact) mass is 239 g/mol. The van der Waals surface area contributed by atoms with Crippen LogP contribution in [0.3, 0.4) is 0 Å². The summed E-state index contributed by atoms with van der Waals surface area (Å²) in [5.41, 5.74) is 2.41. The van der Waals surface area contributed by atoms with Gasteiger partial charge in [0.25, 0.3) is 0 Å². The van der Waals surface area contributed by atoms with Crippen LogP contribution in [0.2, 0.25) is 0 Å². The number of ether oxygens (including phenoxy) is 1. The van der Waals surface area contributed by atoms with Gasteiger partial charge in [0.15, 0.2) is 9.84 Å². The molecule has 3 rings (SSSR count). The standard InChI is InChI=1S/C11H13NO3S/c13-16(14)6-10(7-16)15-9-2-1-8-3-4-12-11(8)5-9/h1-2,5,10,12H,3-4,6-7H2. The minimum absolute atomic E-state index is 0.150. The van der Waals surface area contributed by atoms with Crippen molar-refractivity contribution in [3.05, 3.63) is 23.8 Å². The van der Waals surface area contributed by atoms with Crippen LogP contribution in [0.15, 0.2) is 18.2 Å². The Kier molecular flexibility index (Phi) is 2.10. The molecule has 0 aromatic heterocycles. The van der Waals surface area contributed by atoms with Crippen LogP contribution < -0.4 is 10.1 Å². The fraction of sp³-hybridized carbons (Fsp3) is 0.455. The molecule has 0 atom stereocenters. The van der Waals surface area contributed by atoms with E-state index in [-0.39, 0.29) is 17.6 Å². The van der Waals surface area contributed by atoms with Crippen molar-refractivity contribution in [1.29, 1.82) is 0 Å².